The zero-order chi connectivity index (χ0) is 14.2. The number of anilines is 1. The fourth-order valence-electron chi connectivity index (χ4n) is 3.81. The average Bonchev–Trinajstić information content (AvgIpc) is 2.86. The molecule has 1 saturated carbocycles. The highest BCUT2D eigenvalue weighted by atomic mass is 19.1. The Bertz CT molecular complexity index is 527. The second-order valence-corrected chi connectivity index (χ2v) is 6.13. The van der Waals surface area contributed by atoms with Crippen LogP contribution >= 0.6 is 0 Å². The van der Waals surface area contributed by atoms with Gasteiger partial charge >= 0.3 is 0 Å². The smallest absolute Gasteiger partial charge is 0.272 e. The minimum atomic E-state index is -0.554. The Morgan fingerprint density at radius 2 is 1.90 bits per heavy atom. The third-order valence-electron chi connectivity index (χ3n) is 4.81. The predicted molar refractivity (Wildman–Crippen MR) is 75.4 cm³/mol. The van der Waals surface area contributed by atoms with Crippen LogP contribution in [0.15, 0.2) is 18.2 Å². The minimum Gasteiger partial charge on any atom is -0.369 e. The van der Waals surface area contributed by atoms with Gasteiger partial charge in [-0.05, 0) is 37.2 Å². The standard InChI is InChI=1S/C15H19FN2O2/c16-13-10-12(18(19)20)4-5-14(13)17-9-3-8-15(11-17)6-1-2-7-15/h4-5,10H,1-3,6-9,11H2. The SMILES string of the molecule is O=[N+]([O-])c1ccc(N2CCCC3(CCCC3)C2)c(F)c1. The van der Waals surface area contributed by atoms with E-state index in [1.165, 1.54) is 38.2 Å². The van der Waals surface area contributed by atoms with E-state index in [0.717, 1.165) is 25.6 Å². The maximum absolute atomic E-state index is 14.1. The van der Waals surface area contributed by atoms with E-state index in [4.69, 9.17) is 0 Å². The zero-order valence-electron chi connectivity index (χ0n) is 11.5. The van der Waals surface area contributed by atoms with Gasteiger partial charge in [0.1, 0.15) is 0 Å². The summed E-state index contributed by atoms with van der Waals surface area (Å²) in [4.78, 5) is 12.2. The van der Waals surface area contributed by atoms with Crippen molar-refractivity contribution in [2.75, 3.05) is 18.0 Å². The number of non-ortho nitro benzene ring substituents is 1. The summed E-state index contributed by atoms with van der Waals surface area (Å²) >= 11 is 0. The van der Waals surface area contributed by atoms with Crippen molar-refractivity contribution in [3.63, 3.8) is 0 Å². The van der Waals surface area contributed by atoms with Crippen LogP contribution in [0.2, 0.25) is 0 Å². The molecule has 1 heterocycles. The van der Waals surface area contributed by atoms with Crippen molar-refractivity contribution in [3.8, 4) is 0 Å². The molecule has 4 nitrogen and oxygen atoms in total. The first-order chi connectivity index (χ1) is 9.60. The van der Waals surface area contributed by atoms with Crippen LogP contribution in [0.5, 0.6) is 0 Å². The number of nitrogens with zero attached hydrogens (tertiary/aromatic N) is 2. The van der Waals surface area contributed by atoms with Gasteiger partial charge in [-0.1, -0.05) is 12.8 Å². The minimum absolute atomic E-state index is 0.182. The van der Waals surface area contributed by atoms with E-state index in [0.29, 0.717) is 11.1 Å². The summed E-state index contributed by atoms with van der Waals surface area (Å²) in [5.74, 6) is -0.478. The molecule has 108 valence electrons. The van der Waals surface area contributed by atoms with Gasteiger partial charge in [0.25, 0.3) is 5.69 Å². The van der Waals surface area contributed by atoms with Crippen molar-refractivity contribution in [1.29, 1.82) is 0 Å². The van der Waals surface area contributed by atoms with E-state index in [2.05, 4.69) is 4.90 Å². The highest BCUT2D eigenvalue weighted by Crippen LogP contribution is 2.45. The van der Waals surface area contributed by atoms with Gasteiger partial charge in [-0.25, -0.2) is 4.39 Å². The molecule has 1 spiro atoms. The van der Waals surface area contributed by atoms with Gasteiger partial charge in [0.2, 0.25) is 0 Å². The monoisotopic (exact) mass is 278 g/mol. The second-order valence-electron chi connectivity index (χ2n) is 6.13. The molecule has 0 N–H and O–H groups in total. The molecule has 20 heavy (non-hydrogen) atoms. The summed E-state index contributed by atoms with van der Waals surface area (Å²) in [6.07, 6.45) is 7.33. The van der Waals surface area contributed by atoms with Crippen LogP contribution in [0, 0.1) is 21.3 Å². The highest BCUT2D eigenvalue weighted by Gasteiger charge is 2.38. The van der Waals surface area contributed by atoms with Crippen LogP contribution in [0.1, 0.15) is 38.5 Å². The first-order valence-corrected chi connectivity index (χ1v) is 7.29. The zero-order valence-corrected chi connectivity index (χ0v) is 11.5. The van der Waals surface area contributed by atoms with Crippen molar-refractivity contribution in [1.82, 2.24) is 0 Å². The molecule has 0 bridgehead atoms. The molecule has 1 saturated heterocycles. The lowest BCUT2D eigenvalue weighted by molar-refractivity contribution is -0.385. The third-order valence-corrected chi connectivity index (χ3v) is 4.81. The molecule has 1 aliphatic carbocycles. The largest absolute Gasteiger partial charge is 0.369 e. The van der Waals surface area contributed by atoms with Gasteiger partial charge in [-0.3, -0.25) is 10.1 Å². The number of halogens is 1. The number of benzene rings is 1. The molecule has 0 aromatic heterocycles. The van der Waals surface area contributed by atoms with E-state index in [9.17, 15) is 14.5 Å². The third kappa shape index (κ3) is 2.37. The first kappa shape index (κ1) is 13.3. The fraction of sp³-hybridized carbons (Fsp3) is 0.600. The van der Waals surface area contributed by atoms with E-state index in [1.807, 2.05) is 0 Å². The van der Waals surface area contributed by atoms with Crippen molar-refractivity contribution in [2.24, 2.45) is 5.41 Å². The summed E-state index contributed by atoms with van der Waals surface area (Å²) in [6, 6.07) is 3.99. The van der Waals surface area contributed by atoms with E-state index in [1.54, 1.807) is 6.07 Å². The van der Waals surface area contributed by atoms with E-state index >= 15 is 0 Å². The first-order valence-electron chi connectivity index (χ1n) is 7.29. The summed E-state index contributed by atoms with van der Waals surface area (Å²) in [6.45, 7) is 1.73. The Balaban J connectivity index is 1.83. The second kappa shape index (κ2) is 5.04. The van der Waals surface area contributed by atoms with Crippen molar-refractivity contribution in [2.45, 2.75) is 38.5 Å². The molecule has 0 atom stereocenters. The van der Waals surface area contributed by atoms with Gasteiger partial charge in [-0.2, -0.15) is 0 Å². The van der Waals surface area contributed by atoms with E-state index in [-0.39, 0.29) is 5.69 Å². The van der Waals surface area contributed by atoms with Crippen LogP contribution in [0.25, 0.3) is 0 Å². The molecule has 0 radical (unpaired) electrons. The summed E-state index contributed by atoms with van der Waals surface area (Å²) < 4.78 is 14.1. The van der Waals surface area contributed by atoms with Crippen molar-refractivity contribution in [3.05, 3.63) is 34.1 Å². The number of hydrogen-bond acceptors (Lipinski definition) is 3. The lowest BCUT2D eigenvalue weighted by Crippen LogP contribution is -2.42. The molecule has 1 aromatic rings. The Hall–Kier alpha value is -1.65. The molecule has 0 amide bonds. The molecule has 1 aliphatic heterocycles. The molecular weight excluding hydrogens is 259 g/mol. The topological polar surface area (TPSA) is 46.4 Å². The van der Waals surface area contributed by atoms with Crippen LogP contribution in [-0.2, 0) is 0 Å². The normalized spacial score (nSPS) is 21.4. The summed E-state index contributed by atoms with van der Waals surface area (Å²) in [7, 11) is 0. The number of nitro groups is 1. The Morgan fingerprint density at radius 3 is 2.55 bits per heavy atom. The molecule has 2 aliphatic rings. The number of piperidine rings is 1. The molecule has 5 heteroatoms. The van der Waals surface area contributed by atoms with E-state index < -0.39 is 10.7 Å². The summed E-state index contributed by atoms with van der Waals surface area (Å²) in [5.41, 5.74) is 0.687. The fourth-order valence-corrected chi connectivity index (χ4v) is 3.81. The van der Waals surface area contributed by atoms with Crippen LogP contribution < -0.4 is 4.90 Å². The van der Waals surface area contributed by atoms with Crippen LogP contribution in [0.3, 0.4) is 0 Å². The van der Waals surface area contributed by atoms with Gasteiger partial charge < -0.3 is 4.90 Å². The molecule has 2 fully saturated rings. The number of rotatable bonds is 2. The molecule has 0 unspecified atom stereocenters. The Labute approximate surface area is 117 Å². The molecule has 3 rings (SSSR count). The Kier molecular flexibility index (Phi) is 3.36. The van der Waals surface area contributed by atoms with Crippen molar-refractivity contribution < 1.29 is 9.31 Å². The lowest BCUT2D eigenvalue weighted by atomic mass is 9.78. The number of hydrogen-bond donors (Lipinski definition) is 0. The number of nitro benzene ring substituents is 1. The van der Waals surface area contributed by atoms with Gasteiger partial charge in [0.15, 0.2) is 5.82 Å². The Morgan fingerprint density at radius 1 is 1.20 bits per heavy atom. The van der Waals surface area contributed by atoms with Gasteiger partial charge in [-0.15, -0.1) is 0 Å². The quantitative estimate of drug-likeness (QED) is 0.609. The average molecular weight is 278 g/mol. The van der Waals surface area contributed by atoms with Crippen LogP contribution in [0.4, 0.5) is 15.8 Å². The maximum atomic E-state index is 14.1. The van der Waals surface area contributed by atoms with Crippen molar-refractivity contribution >= 4 is 11.4 Å². The van der Waals surface area contributed by atoms with Gasteiger partial charge in [0.05, 0.1) is 16.7 Å². The molecular formula is C15H19FN2O2. The lowest BCUT2D eigenvalue weighted by Gasteiger charge is -2.41. The molecule has 1 aromatic carbocycles. The summed E-state index contributed by atoms with van der Waals surface area (Å²) in [5, 5.41) is 10.7. The highest BCUT2D eigenvalue weighted by molar-refractivity contribution is 5.53. The van der Waals surface area contributed by atoms with Gasteiger partial charge in [0, 0.05) is 19.2 Å². The predicted octanol–water partition coefficient (Wildman–Crippen LogP) is 3.89. The van der Waals surface area contributed by atoms with Crippen LogP contribution in [-0.4, -0.2) is 18.0 Å². The maximum Gasteiger partial charge on any atom is 0.272 e.